The molecule has 150 valence electrons. The maximum absolute atomic E-state index is 10.2. The van der Waals surface area contributed by atoms with E-state index in [0.717, 1.165) is 33.3 Å². The third kappa shape index (κ3) is 8.56. The average molecular weight is 482 g/mol. The van der Waals surface area contributed by atoms with Gasteiger partial charge in [-0.1, -0.05) is 24.3 Å². The van der Waals surface area contributed by atoms with Gasteiger partial charge in [0.15, 0.2) is 0 Å². The summed E-state index contributed by atoms with van der Waals surface area (Å²) in [6.45, 7) is 5.63. The van der Waals surface area contributed by atoms with Gasteiger partial charge < -0.3 is 21.3 Å². The van der Waals surface area contributed by atoms with Gasteiger partial charge in [-0.15, -0.1) is 32.5 Å². The van der Waals surface area contributed by atoms with E-state index >= 15 is 0 Å². The largest absolute Gasteiger partial charge is 1.00 e. The Balaban J connectivity index is 0.000000223. The maximum atomic E-state index is 10.2. The van der Waals surface area contributed by atoms with Gasteiger partial charge in [-0.3, -0.25) is 22.8 Å². The van der Waals surface area contributed by atoms with Crippen molar-refractivity contribution in [3.8, 4) is 5.75 Å². The minimum absolute atomic E-state index is 0. The summed E-state index contributed by atoms with van der Waals surface area (Å²) in [6, 6.07) is 10.8. The number of fused-ring (bicyclic) bond motifs is 1. The van der Waals surface area contributed by atoms with Crippen molar-refractivity contribution in [1.29, 1.82) is 0 Å². The summed E-state index contributed by atoms with van der Waals surface area (Å²) < 4.78 is 5.92. The van der Waals surface area contributed by atoms with Crippen molar-refractivity contribution in [2.45, 2.75) is 26.2 Å². The van der Waals surface area contributed by atoms with E-state index < -0.39 is 0 Å². The number of nitrogens with one attached hydrogen (secondary N) is 1. The molecule has 2 saturated carbocycles. The van der Waals surface area contributed by atoms with Crippen LogP contribution in [0, 0.1) is 32.1 Å². The zero-order valence-electron chi connectivity index (χ0n) is 17.2. The average Bonchev–Trinajstić information content (AvgIpc) is 3.31. The Labute approximate surface area is 224 Å². The molecule has 0 heterocycles. The van der Waals surface area contributed by atoms with Gasteiger partial charge in [0, 0.05) is 11.8 Å². The number of methoxy groups -OCH3 is 1. The number of hydrogen-bond donors (Lipinski definition) is 1. The molecule has 2 fully saturated rings. The number of rotatable bonds is 4. The van der Waals surface area contributed by atoms with Crippen molar-refractivity contribution in [3.05, 3.63) is 70.9 Å². The molecule has 0 bridgehead atoms. The molecule has 1 amide bonds. The van der Waals surface area contributed by atoms with Crippen LogP contribution < -0.4 is 61.4 Å². The Kier molecular flexibility index (Phi) is 12.4. The van der Waals surface area contributed by atoms with Crippen molar-refractivity contribution in [2.24, 2.45) is 11.8 Å². The van der Waals surface area contributed by atoms with Crippen LogP contribution in [0.5, 0.6) is 5.75 Å². The Hall–Kier alpha value is -0.634. The summed E-state index contributed by atoms with van der Waals surface area (Å²) in [5, 5.41) is 2.55. The van der Waals surface area contributed by atoms with Crippen LogP contribution in [-0.2, 0) is 9.59 Å². The molecule has 2 unspecified atom stereocenters. The number of amides is 1. The first-order valence-electron chi connectivity index (χ1n) is 9.15. The third-order valence-corrected chi connectivity index (χ3v) is 5.61. The van der Waals surface area contributed by atoms with Crippen LogP contribution in [0.1, 0.15) is 36.0 Å². The normalized spacial score (nSPS) is 17.8. The van der Waals surface area contributed by atoms with E-state index in [1.54, 1.807) is 38.0 Å². The smallest absolute Gasteiger partial charge is 0.496 e. The van der Waals surface area contributed by atoms with Crippen LogP contribution in [0.25, 0.3) is 0 Å². The van der Waals surface area contributed by atoms with Gasteiger partial charge in [0.2, 0.25) is 6.41 Å². The molecule has 4 nitrogen and oxygen atoms in total. The monoisotopic (exact) mass is 481 g/mol. The number of aryl methyl sites for hydroxylation is 1. The fourth-order valence-corrected chi connectivity index (χ4v) is 3.41. The molecule has 0 aliphatic heterocycles. The first-order valence-corrected chi connectivity index (χ1v) is 9.94. The number of carbonyl (C=O) groups excluding carboxylic acids is 2. The molecule has 4 rings (SSSR count). The number of benzene rings is 2. The summed E-state index contributed by atoms with van der Waals surface area (Å²) in [5.74, 6) is 3.09. The van der Waals surface area contributed by atoms with Gasteiger partial charge in [0.25, 0.3) is 0 Å². The molecule has 2 aromatic carbocycles. The molecule has 29 heavy (non-hydrogen) atoms. The predicted octanol–water partition coefficient (Wildman–Crippen LogP) is 2.29. The Bertz CT molecular complexity index is 805. The van der Waals surface area contributed by atoms with E-state index in [4.69, 9.17) is 4.74 Å². The fourth-order valence-electron chi connectivity index (χ4n) is 3.04. The SMILES string of the molecule is COc1cc(NC=O)ccc1C.[CH-]1CC2CC2C1.[CH2-]c1c(Br)cccc1[C-]=O.[K+]. The van der Waals surface area contributed by atoms with Crippen LogP contribution in [0.4, 0.5) is 5.69 Å². The molecule has 0 radical (unpaired) electrons. The quantitative estimate of drug-likeness (QED) is 0.414. The van der Waals surface area contributed by atoms with Gasteiger partial charge in [-0.2, -0.15) is 12.8 Å². The van der Waals surface area contributed by atoms with Crippen molar-refractivity contribution in [3.63, 3.8) is 0 Å². The fraction of sp³-hybridized carbons (Fsp3) is 0.304. The molecule has 6 heteroatoms. The first-order chi connectivity index (χ1) is 13.5. The summed E-state index contributed by atoms with van der Waals surface area (Å²) in [7, 11) is 1.60. The zero-order chi connectivity index (χ0) is 20.5. The van der Waals surface area contributed by atoms with E-state index in [1.165, 1.54) is 12.8 Å². The number of halogens is 1. The number of ether oxygens (including phenoxy) is 1. The summed E-state index contributed by atoms with van der Waals surface area (Å²) in [4.78, 5) is 20.3. The van der Waals surface area contributed by atoms with Crippen molar-refractivity contribution < 1.29 is 65.7 Å². The minimum atomic E-state index is 0. The molecule has 0 spiro atoms. The molecular weight excluding hydrogens is 457 g/mol. The number of hydrogen-bond acceptors (Lipinski definition) is 3. The van der Waals surface area contributed by atoms with Gasteiger partial charge in [-0.25, -0.2) is 6.07 Å². The third-order valence-electron chi connectivity index (χ3n) is 4.87. The number of carbonyl (C=O) groups is 1. The van der Waals surface area contributed by atoms with E-state index in [1.807, 2.05) is 25.1 Å². The van der Waals surface area contributed by atoms with Gasteiger partial charge >= 0.3 is 51.4 Å². The van der Waals surface area contributed by atoms with E-state index in [-0.39, 0.29) is 51.4 Å². The van der Waals surface area contributed by atoms with E-state index in [9.17, 15) is 9.59 Å². The van der Waals surface area contributed by atoms with Crippen molar-refractivity contribution >= 4 is 34.3 Å². The Morgan fingerprint density at radius 2 is 1.97 bits per heavy atom. The topological polar surface area (TPSA) is 55.4 Å². The second-order valence-electron chi connectivity index (χ2n) is 6.83. The summed E-state index contributed by atoms with van der Waals surface area (Å²) in [6.07, 6.45) is 9.29. The molecule has 0 aromatic heterocycles. The van der Waals surface area contributed by atoms with Crippen molar-refractivity contribution in [2.75, 3.05) is 12.4 Å². The predicted molar refractivity (Wildman–Crippen MR) is 116 cm³/mol. The molecule has 1 N–H and O–H groups in total. The van der Waals surface area contributed by atoms with Gasteiger partial charge in [0.1, 0.15) is 5.75 Å². The standard InChI is InChI=1S/C9H11NO2.C8H5BrO.C6H9.K/c1-7-3-4-8(10-6-11)5-9(7)12-2;1-6-7(5-10)3-2-4-8(6)9;1-2-5-4-6(5)3-1;/h3-6H,1-2H3,(H,10,11);2-4H,1H2;1,5-6H,2-4H2;/q;-2;-1;+1. The molecular formula is C23H25BrKNO3-2. The summed E-state index contributed by atoms with van der Waals surface area (Å²) in [5.41, 5.74) is 2.99. The molecule has 2 aromatic rings. The molecule has 2 aliphatic rings. The van der Waals surface area contributed by atoms with Crippen LogP contribution >= 0.6 is 15.9 Å². The Morgan fingerprint density at radius 1 is 1.28 bits per heavy atom. The first kappa shape index (κ1) is 26.4. The van der Waals surface area contributed by atoms with E-state index in [0.29, 0.717) is 17.5 Å². The van der Waals surface area contributed by atoms with Crippen molar-refractivity contribution in [1.82, 2.24) is 0 Å². The molecule has 2 atom stereocenters. The molecule has 2 aliphatic carbocycles. The maximum Gasteiger partial charge on any atom is 1.00 e. The van der Waals surface area contributed by atoms with Crippen LogP contribution in [-0.4, -0.2) is 19.8 Å². The second kappa shape index (κ2) is 13.6. The van der Waals surface area contributed by atoms with Gasteiger partial charge in [-0.05, 0) is 24.8 Å². The minimum Gasteiger partial charge on any atom is -0.496 e. The van der Waals surface area contributed by atoms with Crippen LogP contribution in [0.15, 0.2) is 40.9 Å². The Morgan fingerprint density at radius 3 is 2.41 bits per heavy atom. The van der Waals surface area contributed by atoms with Crippen LogP contribution in [0.2, 0.25) is 0 Å². The number of anilines is 1. The van der Waals surface area contributed by atoms with Crippen LogP contribution in [0.3, 0.4) is 0 Å². The second-order valence-corrected chi connectivity index (χ2v) is 7.68. The molecule has 0 saturated heterocycles. The van der Waals surface area contributed by atoms with E-state index in [2.05, 4.69) is 34.6 Å². The summed E-state index contributed by atoms with van der Waals surface area (Å²) >= 11 is 3.25. The van der Waals surface area contributed by atoms with Gasteiger partial charge in [0.05, 0.1) is 7.11 Å². The zero-order valence-corrected chi connectivity index (χ0v) is 21.9.